The summed E-state index contributed by atoms with van der Waals surface area (Å²) in [5.74, 6) is 0.712. The third-order valence-electron chi connectivity index (χ3n) is 2.71. The maximum Gasteiger partial charge on any atom is 0.328 e. The van der Waals surface area contributed by atoms with Crippen molar-refractivity contribution in [3.63, 3.8) is 0 Å². The molecule has 92 valence electrons. The molecule has 1 heterocycles. The van der Waals surface area contributed by atoms with Gasteiger partial charge in [0.05, 0.1) is 13.2 Å². The Bertz CT molecular complexity index is 417. The Kier molecular flexibility index (Phi) is 3.52. The van der Waals surface area contributed by atoms with Crippen molar-refractivity contribution in [2.75, 3.05) is 18.5 Å². The van der Waals surface area contributed by atoms with Crippen LogP contribution in [0.25, 0.3) is 0 Å². The van der Waals surface area contributed by atoms with Gasteiger partial charge in [-0.25, -0.2) is 4.79 Å². The van der Waals surface area contributed by atoms with E-state index >= 15 is 0 Å². The summed E-state index contributed by atoms with van der Waals surface area (Å²) in [5.41, 5.74) is 2.11. The molecule has 17 heavy (non-hydrogen) atoms. The lowest BCUT2D eigenvalue weighted by molar-refractivity contribution is -0.143. The highest BCUT2D eigenvalue weighted by Crippen LogP contribution is 2.28. The summed E-state index contributed by atoms with van der Waals surface area (Å²) in [6, 6.07) is 5.54. The van der Waals surface area contributed by atoms with Gasteiger partial charge in [-0.3, -0.25) is 0 Å². The molecule has 0 saturated heterocycles. The second kappa shape index (κ2) is 5.08. The molecule has 1 N–H and O–H groups in total. The molecule has 4 heteroatoms. The number of nitrogens with one attached hydrogen (secondary N) is 1. The minimum absolute atomic E-state index is 0.232. The van der Waals surface area contributed by atoms with Gasteiger partial charge in [0.25, 0.3) is 0 Å². The molecule has 0 spiro atoms. The zero-order chi connectivity index (χ0) is 12.3. The number of hydrogen-bond donors (Lipinski definition) is 1. The van der Waals surface area contributed by atoms with Gasteiger partial charge in [-0.15, -0.1) is 0 Å². The number of fused-ring (bicyclic) bond motifs is 1. The van der Waals surface area contributed by atoms with E-state index in [1.54, 1.807) is 13.8 Å². The summed E-state index contributed by atoms with van der Waals surface area (Å²) in [5, 5.41) is 3.13. The molecule has 1 aromatic carbocycles. The van der Waals surface area contributed by atoms with Crippen molar-refractivity contribution in [1.82, 2.24) is 0 Å². The highest BCUT2D eigenvalue weighted by Gasteiger charge is 2.16. The normalized spacial score (nSPS) is 14.7. The van der Waals surface area contributed by atoms with Crippen LogP contribution in [0.5, 0.6) is 5.75 Å². The lowest BCUT2D eigenvalue weighted by atomic mass is 10.1. The Morgan fingerprint density at radius 1 is 1.59 bits per heavy atom. The zero-order valence-corrected chi connectivity index (χ0v) is 10.2. The average molecular weight is 235 g/mol. The minimum atomic E-state index is -0.338. The van der Waals surface area contributed by atoms with Crippen molar-refractivity contribution in [1.29, 1.82) is 0 Å². The van der Waals surface area contributed by atoms with Crippen LogP contribution in [-0.2, 0) is 16.0 Å². The number of carbonyl (C=O) groups is 1. The summed E-state index contributed by atoms with van der Waals surface area (Å²) in [4.78, 5) is 11.5. The SMILES string of the molecule is CCOC(=O)[C@H](C)Nc1ccc2c(c1)CCO2. The van der Waals surface area contributed by atoms with Crippen molar-refractivity contribution in [2.45, 2.75) is 26.3 Å². The molecular weight excluding hydrogens is 218 g/mol. The maximum absolute atomic E-state index is 11.5. The lowest BCUT2D eigenvalue weighted by Crippen LogP contribution is -2.28. The second-order valence-electron chi connectivity index (χ2n) is 4.04. The van der Waals surface area contributed by atoms with Crippen LogP contribution in [0, 0.1) is 0 Å². The van der Waals surface area contributed by atoms with Crippen molar-refractivity contribution in [3.05, 3.63) is 23.8 Å². The van der Waals surface area contributed by atoms with E-state index in [0.717, 1.165) is 24.5 Å². The Labute approximate surface area is 101 Å². The first-order valence-corrected chi connectivity index (χ1v) is 5.89. The predicted molar refractivity (Wildman–Crippen MR) is 65.4 cm³/mol. The molecular formula is C13H17NO3. The molecule has 1 aliphatic rings. The van der Waals surface area contributed by atoms with Crippen molar-refractivity contribution < 1.29 is 14.3 Å². The van der Waals surface area contributed by atoms with Crippen LogP contribution >= 0.6 is 0 Å². The van der Waals surface area contributed by atoms with E-state index in [1.807, 2.05) is 18.2 Å². The van der Waals surface area contributed by atoms with Crippen LogP contribution in [0.15, 0.2) is 18.2 Å². The van der Waals surface area contributed by atoms with Crippen molar-refractivity contribution >= 4 is 11.7 Å². The van der Waals surface area contributed by atoms with Gasteiger partial charge < -0.3 is 14.8 Å². The van der Waals surface area contributed by atoms with Gasteiger partial charge in [0.15, 0.2) is 0 Å². The van der Waals surface area contributed by atoms with Crippen LogP contribution in [0.4, 0.5) is 5.69 Å². The lowest BCUT2D eigenvalue weighted by Gasteiger charge is -2.14. The molecule has 2 rings (SSSR count). The van der Waals surface area contributed by atoms with Gasteiger partial charge in [0.2, 0.25) is 0 Å². The van der Waals surface area contributed by atoms with Crippen LogP contribution in [0.3, 0.4) is 0 Å². The fourth-order valence-electron chi connectivity index (χ4n) is 1.85. The highest BCUT2D eigenvalue weighted by molar-refractivity contribution is 5.78. The summed E-state index contributed by atoms with van der Waals surface area (Å²) in [6.45, 7) is 4.74. The zero-order valence-electron chi connectivity index (χ0n) is 10.2. The molecule has 0 bridgehead atoms. The first kappa shape index (κ1) is 11.8. The fourth-order valence-corrected chi connectivity index (χ4v) is 1.85. The smallest absolute Gasteiger partial charge is 0.328 e. The molecule has 4 nitrogen and oxygen atoms in total. The Morgan fingerprint density at radius 3 is 3.18 bits per heavy atom. The van der Waals surface area contributed by atoms with E-state index in [2.05, 4.69) is 5.32 Å². The van der Waals surface area contributed by atoms with Crippen molar-refractivity contribution in [3.8, 4) is 5.75 Å². The Hall–Kier alpha value is -1.71. The number of benzene rings is 1. The predicted octanol–water partition coefficient (Wildman–Crippen LogP) is 1.98. The Morgan fingerprint density at radius 2 is 2.41 bits per heavy atom. The quantitative estimate of drug-likeness (QED) is 0.811. The third-order valence-corrected chi connectivity index (χ3v) is 2.71. The van der Waals surface area contributed by atoms with E-state index in [9.17, 15) is 4.79 Å². The maximum atomic E-state index is 11.5. The van der Waals surface area contributed by atoms with Gasteiger partial charge in [0, 0.05) is 12.1 Å². The van der Waals surface area contributed by atoms with E-state index in [4.69, 9.17) is 9.47 Å². The summed E-state index contributed by atoms with van der Waals surface area (Å²) in [7, 11) is 0. The highest BCUT2D eigenvalue weighted by atomic mass is 16.5. The first-order chi connectivity index (χ1) is 8.20. The third kappa shape index (κ3) is 2.70. The monoisotopic (exact) mass is 235 g/mol. The molecule has 1 atom stereocenters. The van der Waals surface area contributed by atoms with E-state index in [-0.39, 0.29) is 12.0 Å². The second-order valence-corrected chi connectivity index (χ2v) is 4.04. The van der Waals surface area contributed by atoms with Gasteiger partial charge in [-0.05, 0) is 37.6 Å². The molecule has 0 aliphatic carbocycles. The molecule has 1 aromatic rings. The number of ether oxygens (including phenoxy) is 2. The Balaban J connectivity index is 2.01. The minimum Gasteiger partial charge on any atom is -0.493 e. The largest absolute Gasteiger partial charge is 0.493 e. The van der Waals surface area contributed by atoms with Crippen LogP contribution in [0.1, 0.15) is 19.4 Å². The van der Waals surface area contributed by atoms with Gasteiger partial charge in [-0.2, -0.15) is 0 Å². The first-order valence-electron chi connectivity index (χ1n) is 5.89. The van der Waals surface area contributed by atoms with Gasteiger partial charge >= 0.3 is 5.97 Å². The number of esters is 1. The summed E-state index contributed by atoms with van der Waals surface area (Å²) < 4.78 is 10.4. The molecule has 0 unspecified atom stereocenters. The van der Waals surface area contributed by atoms with E-state index in [0.29, 0.717) is 6.61 Å². The average Bonchev–Trinajstić information content (AvgIpc) is 2.76. The van der Waals surface area contributed by atoms with Gasteiger partial charge in [0.1, 0.15) is 11.8 Å². The number of anilines is 1. The van der Waals surface area contributed by atoms with Crippen molar-refractivity contribution in [2.24, 2.45) is 0 Å². The molecule has 0 radical (unpaired) electrons. The number of carbonyl (C=O) groups excluding carboxylic acids is 1. The molecule has 0 amide bonds. The summed E-state index contributed by atoms with van der Waals surface area (Å²) >= 11 is 0. The van der Waals surface area contributed by atoms with Gasteiger partial charge in [-0.1, -0.05) is 0 Å². The van der Waals surface area contributed by atoms with Crippen LogP contribution < -0.4 is 10.1 Å². The molecule has 0 fully saturated rings. The van der Waals surface area contributed by atoms with E-state index < -0.39 is 0 Å². The molecule has 0 saturated carbocycles. The topological polar surface area (TPSA) is 47.6 Å². The molecule has 1 aliphatic heterocycles. The summed E-state index contributed by atoms with van der Waals surface area (Å²) in [6.07, 6.45) is 0.929. The molecule has 0 aromatic heterocycles. The van der Waals surface area contributed by atoms with E-state index in [1.165, 1.54) is 5.56 Å². The van der Waals surface area contributed by atoms with Crippen LogP contribution in [0.2, 0.25) is 0 Å². The van der Waals surface area contributed by atoms with Crippen LogP contribution in [-0.4, -0.2) is 25.2 Å². The standard InChI is InChI=1S/C13H17NO3/c1-3-16-13(15)9(2)14-11-4-5-12-10(8-11)6-7-17-12/h4-5,8-9,14H,3,6-7H2,1-2H3/t9-/m0/s1. The number of rotatable bonds is 4. The number of hydrogen-bond acceptors (Lipinski definition) is 4. The fraction of sp³-hybridized carbons (Fsp3) is 0.462.